The molecule has 11 heavy (non-hydrogen) atoms. The second-order valence-electron chi connectivity index (χ2n) is 2.30. The van der Waals surface area contributed by atoms with E-state index in [9.17, 15) is 4.79 Å². The van der Waals surface area contributed by atoms with E-state index in [1.807, 2.05) is 6.92 Å². The van der Waals surface area contributed by atoms with E-state index in [4.69, 9.17) is 5.11 Å². The van der Waals surface area contributed by atoms with E-state index in [2.05, 4.69) is 17.9 Å². The first-order valence-corrected chi connectivity index (χ1v) is 4.38. The van der Waals surface area contributed by atoms with Crippen molar-refractivity contribution >= 4 is 18.5 Å². The molecule has 0 spiro atoms. The third kappa shape index (κ3) is 4.27. The predicted molar refractivity (Wildman–Crippen MR) is 47.7 cm³/mol. The van der Waals surface area contributed by atoms with E-state index in [1.165, 1.54) is 0 Å². The molecule has 0 aliphatic rings. The second kappa shape index (κ2) is 6.49. The maximum atomic E-state index is 11.1. The molecular formula is C7H15NO2S. The van der Waals surface area contributed by atoms with Gasteiger partial charge in [-0.25, -0.2) is 0 Å². The zero-order valence-corrected chi connectivity index (χ0v) is 7.60. The predicted octanol–water partition coefficient (Wildman–Crippen LogP) is 0.0509. The Kier molecular flexibility index (Phi) is 6.36. The van der Waals surface area contributed by atoms with E-state index in [1.54, 1.807) is 0 Å². The number of rotatable bonds is 5. The fraction of sp³-hybridized carbons (Fsp3) is 0.857. The molecular weight excluding hydrogens is 162 g/mol. The lowest BCUT2D eigenvalue weighted by Gasteiger charge is -2.10. The molecule has 0 aromatic heterocycles. The van der Waals surface area contributed by atoms with Crippen molar-refractivity contribution < 1.29 is 9.90 Å². The molecule has 1 unspecified atom stereocenters. The van der Waals surface area contributed by atoms with E-state index in [0.717, 1.165) is 6.42 Å². The zero-order valence-electron chi connectivity index (χ0n) is 6.71. The molecule has 1 amide bonds. The fourth-order valence-corrected chi connectivity index (χ4v) is 1.14. The number of thiol groups is 1. The highest BCUT2D eigenvalue weighted by Crippen LogP contribution is 2.03. The highest BCUT2D eigenvalue weighted by molar-refractivity contribution is 7.80. The minimum Gasteiger partial charge on any atom is -0.395 e. The van der Waals surface area contributed by atoms with Gasteiger partial charge in [-0.15, -0.1) is 0 Å². The van der Waals surface area contributed by atoms with Gasteiger partial charge >= 0.3 is 0 Å². The van der Waals surface area contributed by atoms with Gasteiger partial charge < -0.3 is 10.4 Å². The molecule has 0 bridgehead atoms. The Balaban J connectivity index is 3.61. The van der Waals surface area contributed by atoms with Crippen LogP contribution in [-0.2, 0) is 4.79 Å². The number of carbonyl (C=O) groups is 1. The van der Waals surface area contributed by atoms with Gasteiger partial charge in [-0.3, -0.25) is 4.79 Å². The van der Waals surface area contributed by atoms with Crippen LogP contribution >= 0.6 is 12.6 Å². The van der Waals surface area contributed by atoms with Crippen LogP contribution in [0, 0.1) is 5.92 Å². The molecule has 0 aliphatic carbocycles. The molecule has 0 aromatic rings. The molecule has 2 N–H and O–H groups in total. The molecule has 3 nitrogen and oxygen atoms in total. The Morgan fingerprint density at radius 1 is 1.73 bits per heavy atom. The topological polar surface area (TPSA) is 49.3 Å². The van der Waals surface area contributed by atoms with Gasteiger partial charge in [-0.1, -0.05) is 6.92 Å². The van der Waals surface area contributed by atoms with Crippen molar-refractivity contribution in [3.63, 3.8) is 0 Å². The molecule has 4 heteroatoms. The number of aliphatic hydroxyl groups is 1. The molecule has 1 atom stereocenters. The van der Waals surface area contributed by atoms with Gasteiger partial charge in [-0.2, -0.15) is 12.6 Å². The fourth-order valence-electron chi connectivity index (χ4n) is 0.721. The van der Waals surface area contributed by atoms with Crippen LogP contribution in [0.15, 0.2) is 0 Å². The SMILES string of the molecule is CCC(CS)C(=O)NCCO. The Hall–Kier alpha value is -0.220. The quantitative estimate of drug-likeness (QED) is 0.520. The van der Waals surface area contributed by atoms with Crippen molar-refractivity contribution in [2.45, 2.75) is 13.3 Å². The standard InChI is InChI=1S/C7H15NO2S/c1-2-6(5-11)7(10)8-3-4-9/h6,9,11H,2-5H2,1H3,(H,8,10). The lowest BCUT2D eigenvalue weighted by Crippen LogP contribution is -2.33. The van der Waals surface area contributed by atoms with Crippen LogP contribution in [0.25, 0.3) is 0 Å². The maximum Gasteiger partial charge on any atom is 0.224 e. The molecule has 0 aliphatic heterocycles. The van der Waals surface area contributed by atoms with Crippen LogP contribution < -0.4 is 5.32 Å². The first kappa shape index (κ1) is 10.8. The summed E-state index contributed by atoms with van der Waals surface area (Å²) >= 11 is 4.03. The molecule has 66 valence electrons. The van der Waals surface area contributed by atoms with Crippen molar-refractivity contribution in [3.8, 4) is 0 Å². The van der Waals surface area contributed by atoms with Crippen LogP contribution in [0.5, 0.6) is 0 Å². The molecule has 0 fully saturated rings. The minimum atomic E-state index is -0.0233. The van der Waals surface area contributed by atoms with E-state index >= 15 is 0 Å². The third-order valence-corrected chi connectivity index (χ3v) is 1.94. The summed E-state index contributed by atoms with van der Waals surface area (Å²) in [6, 6.07) is 0. The van der Waals surface area contributed by atoms with Gasteiger partial charge in [0.05, 0.1) is 6.61 Å². The molecule has 0 radical (unpaired) electrons. The first-order chi connectivity index (χ1) is 5.26. The average Bonchev–Trinajstić information content (AvgIpc) is 2.03. The average molecular weight is 177 g/mol. The molecule has 0 rings (SSSR count). The second-order valence-corrected chi connectivity index (χ2v) is 2.67. The number of hydrogen-bond donors (Lipinski definition) is 3. The number of carbonyl (C=O) groups excluding carboxylic acids is 1. The molecule has 0 saturated heterocycles. The molecule has 0 aromatic carbocycles. The lowest BCUT2D eigenvalue weighted by atomic mass is 10.1. The van der Waals surface area contributed by atoms with Gasteiger partial charge in [-0.05, 0) is 6.42 Å². The van der Waals surface area contributed by atoms with Crippen LogP contribution in [0.4, 0.5) is 0 Å². The minimum absolute atomic E-state index is 0.00521. The Morgan fingerprint density at radius 2 is 2.36 bits per heavy atom. The third-order valence-electron chi connectivity index (χ3n) is 1.50. The summed E-state index contributed by atoms with van der Waals surface area (Å²) in [7, 11) is 0. The normalized spacial score (nSPS) is 12.6. The highest BCUT2D eigenvalue weighted by atomic mass is 32.1. The Morgan fingerprint density at radius 3 is 2.73 bits per heavy atom. The van der Waals surface area contributed by atoms with E-state index in [0.29, 0.717) is 12.3 Å². The van der Waals surface area contributed by atoms with Gasteiger partial charge in [0.15, 0.2) is 0 Å². The van der Waals surface area contributed by atoms with Crippen molar-refractivity contribution in [1.82, 2.24) is 5.32 Å². The summed E-state index contributed by atoms with van der Waals surface area (Å²) in [5.41, 5.74) is 0. The van der Waals surface area contributed by atoms with Gasteiger partial charge in [0.2, 0.25) is 5.91 Å². The van der Waals surface area contributed by atoms with Crippen molar-refractivity contribution in [2.24, 2.45) is 5.92 Å². The van der Waals surface area contributed by atoms with E-state index < -0.39 is 0 Å². The summed E-state index contributed by atoms with van der Waals surface area (Å²) in [5.74, 6) is 0.523. The van der Waals surface area contributed by atoms with Crippen LogP contribution in [0.2, 0.25) is 0 Å². The molecule has 0 heterocycles. The first-order valence-electron chi connectivity index (χ1n) is 3.75. The lowest BCUT2D eigenvalue weighted by molar-refractivity contribution is -0.124. The summed E-state index contributed by atoms with van der Waals surface area (Å²) in [4.78, 5) is 11.1. The monoisotopic (exact) mass is 177 g/mol. The van der Waals surface area contributed by atoms with Crippen LogP contribution in [-0.4, -0.2) is 29.9 Å². The summed E-state index contributed by atoms with van der Waals surface area (Å²) in [6.07, 6.45) is 0.792. The highest BCUT2D eigenvalue weighted by Gasteiger charge is 2.12. The number of aliphatic hydroxyl groups excluding tert-OH is 1. The Labute approximate surface area is 72.6 Å². The van der Waals surface area contributed by atoms with Gasteiger partial charge in [0.1, 0.15) is 0 Å². The maximum absolute atomic E-state index is 11.1. The summed E-state index contributed by atoms with van der Waals surface area (Å²) in [6.45, 7) is 2.28. The number of hydrogen-bond acceptors (Lipinski definition) is 3. The molecule has 0 saturated carbocycles. The van der Waals surface area contributed by atoms with Gasteiger partial charge in [0, 0.05) is 18.2 Å². The zero-order chi connectivity index (χ0) is 8.69. The van der Waals surface area contributed by atoms with Crippen LogP contribution in [0.1, 0.15) is 13.3 Å². The smallest absolute Gasteiger partial charge is 0.224 e. The van der Waals surface area contributed by atoms with Crippen LogP contribution in [0.3, 0.4) is 0 Å². The summed E-state index contributed by atoms with van der Waals surface area (Å²) < 4.78 is 0. The number of amides is 1. The van der Waals surface area contributed by atoms with Gasteiger partial charge in [0.25, 0.3) is 0 Å². The Bertz CT molecular complexity index is 115. The largest absolute Gasteiger partial charge is 0.395 e. The summed E-state index contributed by atoms with van der Waals surface area (Å²) in [5, 5.41) is 11.0. The van der Waals surface area contributed by atoms with E-state index in [-0.39, 0.29) is 18.4 Å². The van der Waals surface area contributed by atoms with Crippen molar-refractivity contribution in [3.05, 3.63) is 0 Å². The van der Waals surface area contributed by atoms with Crippen molar-refractivity contribution in [1.29, 1.82) is 0 Å². The number of nitrogens with one attached hydrogen (secondary N) is 1. The van der Waals surface area contributed by atoms with Crippen molar-refractivity contribution in [2.75, 3.05) is 18.9 Å².